The van der Waals surface area contributed by atoms with Crippen LogP contribution in [0.25, 0.3) is 93.6 Å². The van der Waals surface area contributed by atoms with E-state index in [2.05, 4.69) is 113 Å². The van der Waals surface area contributed by atoms with Crippen LogP contribution in [0.1, 0.15) is 5.56 Å². The Labute approximate surface area is 298 Å². The highest BCUT2D eigenvalue weighted by Crippen LogP contribution is 2.49. The summed E-state index contributed by atoms with van der Waals surface area (Å²) in [4.78, 5) is 13.4. The molecule has 0 spiro atoms. The highest BCUT2D eigenvalue weighted by atomic mass is 15.0. The molecule has 0 aliphatic heterocycles. The van der Waals surface area contributed by atoms with Crippen LogP contribution in [0.5, 0.6) is 0 Å². The molecule has 5 nitrogen and oxygen atoms in total. The second-order valence-electron chi connectivity index (χ2n) is 13.4. The van der Waals surface area contributed by atoms with Crippen molar-refractivity contribution in [1.82, 2.24) is 14.5 Å². The van der Waals surface area contributed by atoms with Gasteiger partial charge in [0, 0.05) is 27.3 Å². The highest BCUT2D eigenvalue weighted by Gasteiger charge is 2.25. The quantitative estimate of drug-likeness (QED) is 0.143. The van der Waals surface area contributed by atoms with Gasteiger partial charge in [0.1, 0.15) is 5.69 Å². The fourth-order valence-electron chi connectivity index (χ4n) is 8.36. The molecule has 0 atom stereocenters. The van der Waals surface area contributed by atoms with E-state index in [-0.39, 0.29) is 5.84 Å². The number of rotatable bonds is 3. The Bertz CT molecular complexity index is 3200. The lowest BCUT2D eigenvalue weighted by Crippen LogP contribution is -2.17. The Kier molecular flexibility index (Phi) is 6.04. The zero-order valence-electron chi connectivity index (χ0n) is 27.9. The number of hydrogen-bond acceptors (Lipinski definition) is 2. The molecule has 2 aromatic heterocycles. The van der Waals surface area contributed by atoms with E-state index in [4.69, 9.17) is 9.98 Å². The van der Waals surface area contributed by atoms with Crippen LogP contribution in [-0.2, 0) is 0 Å². The molecule has 52 heavy (non-hydrogen) atoms. The monoisotopic (exact) mass is 663 g/mol. The predicted molar refractivity (Wildman–Crippen MR) is 214 cm³/mol. The standard InChI is InChI=1S/C47H29N5/c48-46(51-47-45(29-12-2-1-3-13-29)49-37-21-8-9-22-38(37)50-47)36-25-27-39(33-18-7-6-17-32(33)36)52-40-23-11-20-35-31-16-5-4-15-30(31)34-19-10-14-28-24-26-41(52)44(42(28)34)43(35)40/h1-27H,(H2,48,50,51). The van der Waals surface area contributed by atoms with E-state index in [0.717, 1.165) is 49.7 Å². The number of benzene rings is 8. The summed E-state index contributed by atoms with van der Waals surface area (Å²) in [6, 6.07) is 57.2. The molecule has 0 saturated carbocycles. The van der Waals surface area contributed by atoms with Gasteiger partial charge in [-0.3, -0.25) is 5.41 Å². The molecule has 0 radical (unpaired) electrons. The van der Waals surface area contributed by atoms with E-state index in [1.54, 1.807) is 0 Å². The Hall–Kier alpha value is -7.11. The SMILES string of the molecule is N=C(N=c1[nH]c2ccccc2nc1-c1ccccc1)c1ccc(-n2c3cccc4c3c3c5c(cccc5ccc32)-c2ccccc2-4)c2ccccc12. The minimum Gasteiger partial charge on any atom is -0.337 e. The minimum atomic E-state index is 0.166. The Morgan fingerprint density at radius 1 is 0.538 bits per heavy atom. The molecule has 5 heteroatoms. The fourth-order valence-corrected chi connectivity index (χ4v) is 8.36. The summed E-state index contributed by atoms with van der Waals surface area (Å²) in [6.45, 7) is 0. The van der Waals surface area contributed by atoms with Gasteiger partial charge in [-0.05, 0) is 74.8 Å². The van der Waals surface area contributed by atoms with Crippen LogP contribution < -0.4 is 5.49 Å². The summed E-state index contributed by atoms with van der Waals surface area (Å²) in [5.74, 6) is 0.166. The smallest absolute Gasteiger partial charge is 0.159 e. The van der Waals surface area contributed by atoms with Crippen LogP contribution in [0.3, 0.4) is 0 Å². The van der Waals surface area contributed by atoms with E-state index >= 15 is 0 Å². The Morgan fingerprint density at radius 2 is 1.21 bits per heavy atom. The molecule has 0 saturated heterocycles. The third-order valence-electron chi connectivity index (χ3n) is 10.6. The third kappa shape index (κ3) is 4.08. The van der Waals surface area contributed by atoms with Gasteiger partial charge in [0.15, 0.2) is 11.3 Å². The molecular weight excluding hydrogens is 635 g/mol. The van der Waals surface area contributed by atoms with E-state index in [9.17, 15) is 5.41 Å². The normalized spacial score (nSPS) is 12.4. The summed E-state index contributed by atoms with van der Waals surface area (Å²) in [5.41, 5.74) is 13.1. The molecule has 0 bridgehead atoms. The van der Waals surface area contributed by atoms with Crippen LogP contribution in [0, 0.1) is 5.41 Å². The van der Waals surface area contributed by atoms with E-state index in [1.807, 2.05) is 60.7 Å². The number of H-pyrrole nitrogens is 1. The first-order valence-corrected chi connectivity index (χ1v) is 17.5. The molecular formula is C47H29N5. The zero-order valence-corrected chi connectivity index (χ0v) is 27.9. The van der Waals surface area contributed by atoms with Gasteiger partial charge < -0.3 is 9.55 Å². The molecule has 1 aliphatic carbocycles. The van der Waals surface area contributed by atoms with Gasteiger partial charge in [-0.2, -0.15) is 0 Å². The summed E-state index contributed by atoms with van der Waals surface area (Å²) < 4.78 is 2.42. The highest BCUT2D eigenvalue weighted by molar-refractivity contribution is 6.30. The Morgan fingerprint density at radius 3 is 2.06 bits per heavy atom. The first kappa shape index (κ1) is 28.7. The first-order valence-electron chi connectivity index (χ1n) is 17.5. The molecule has 242 valence electrons. The van der Waals surface area contributed by atoms with Gasteiger partial charge in [-0.1, -0.05) is 127 Å². The van der Waals surface area contributed by atoms with E-state index < -0.39 is 0 Å². The van der Waals surface area contributed by atoms with Crippen molar-refractivity contribution in [3.8, 4) is 39.2 Å². The molecule has 2 N–H and O–H groups in total. The summed E-state index contributed by atoms with van der Waals surface area (Å²) >= 11 is 0. The van der Waals surface area contributed by atoms with Crippen molar-refractivity contribution in [2.24, 2.45) is 4.99 Å². The lowest BCUT2D eigenvalue weighted by atomic mass is 9.93. The molecule has 2 heterocycles. The Balaban J connectivity index is 1.16. The topological polar surface area (TPSA) is 69.8 Å². The third-order valence-corrected chi connectivity index (χ3v) is 10.6. The fraction of sp³-hybridized carbons (Fsp3) is 0. The number of fused-ring (bicyclic) bond motifs is 5. The maximum Gasteiger partial charge on any atom is 0.159 e. The number of aromatic amines is 1. The first-order chi connectivity index (χ1) is 25.7. The van der Waals surface area contributed by atoms with Crippen LogP contribution in [-0.4, -0.2) is 20.4 Å². The van der Waals surface area contributed by atoms with Crippen molar-refractivity contribution in [2.75, 3.05) is 0 Å². The molecule has 0 amide bonds. The molecule has 0 fully saturated rings. The number of aromatic nitrogens is 3. The van der Waals surface area contributed by atoms with Crippen molar-refractivity contribution in [2.45, 2.75) is 0 Å². The lowest BCUT2D eigenvalue weighted by molar-refractivity contribution is 1.15. The number of para-hydroxylation sites is 2. The number of nitrogens with one attached hydrogen (secondary N) is 2. The summed E-state index contributed by atoms with van der Waals surface area (Å²) in [5, 5.41) is 16.5. The van der Waals surface area contributed by atoms with Gasteiger partial charge in [-0.15, -0.1) is 0 Å². The van der Waals surface area contributed by atoms with Crippen LogP contribution in [0.2, 0.25) is 0 Å². The van der Waals surface area contributed by atoms with Crippen molar-refractivity contribution in [3.05, 3.63) is 175 Å². The van der Waals surface area contributed by atoms with Crippen molar-refractivity contribution >= 4 is 60.2 Å². The van der Waals surface area contributed by atoms with Crippen LogP contribution in [0.15, 0.2) is 169 Å². The predicted octanol–water partition coefficient (Wildman–Crippen LogP) is 11.2. The van der Waals surface area contributed by atoms with Crippen LogP contribution >= 0.6 is 0 Å². The molecule has 10 aromatic rings. The van der Waals surface area contributed by atoms with Crippen molar-refractivity contribution < 1.29 is 0 Å². The number of hydrogen-bond donors (Lipinski definition) is 2. The number of amidine groups is 1. The van der Waals surface area contributed by atoms with E-state index in [0.29, 0.717) is 11.2 Å². The van der Waals surface area contributed by atoms with Gasteiger partial charge in [0.25, 0.3) is 0 Å². The van der Waals surface area contributed by atoms with Gasteiger partial charge in [0.05, 0.1) is 27.8 Å². The van der Waals surface area contributed by atoms with E-state index in [1.165, 1.54) is 43.8 Å². The van der Waals surface area contributed by atoms with Gasteiger partial charge in [-0.25, -0.2) is 9.98 Å². The minimum absolute atomic E-state index is 0.166. The maximum atomic E-state index is 9.42. The van der Waals surface area contributed by atoms with Gasteiger partial charge >= 0.3 is 0 Å². The average molecular weight is 664 g/mol. The van der Waals surface area contributed by atoms with Crippen molar-refractivity contribution in [1.29, 1.82) is 5.41 Å². The molecule has 11 rings (SSSR count). The average Bonchev–Trinajstić information content (AvgIpc) is 3.48. The summed E-state index contributed by atoms with van der Waals surface area (Å²) in [6.07, 6.45) is 0. The molecule has 8 aromatic carbocycles. The number of nitrogens with zero attached hydrogens (tertiary/aromatic N) is 3. The molecule has 0 unspecified atom stereocenters. The second-order valence-corrected chi connectivity index (χ2v) is 13.4. The van der Waals surface area contributed by atoms with Gasteiger partial charge in [0.2, 0.25) is 0 Å². The van der Waals surface area contributed by atoms with Crippen molar-refractivity contribution in [3.63, 3.8) is 0 Å². The van der Waals surface area contributed by atoms with Crippen LogP contribution in [0.4, 0.5) is 0 Å². The second kappa shape index (κ2) is 10.9. The molecule has 1 aliphatic rings. The summed E-state index contributed by atoms with van der Waals surface area (Å²) in [7, 11) is 0. The largest absolute Gasteiger partial charge is 0.337 e. The maximum absolute atomic E-state index is 9.42. The lowest BCUT2D eigenvalue weighted by Gasteiger charge is -2.16. The zero-order chi connectivity index (χ0) is 34.3.